The van der Waals surface area contributed by atoms with Gasteiger partial charge in [-0.15, -0.1) is 0 Å². The fraction of sp³-hybridized carbons (Fsp3) is 0.148. The number of hydrazine groups is 1. The summed E-state index contributed by atoms with van der Waals surface area (Å²) in [7, 11) is 2.71. The number of rotatable bonds is 10. The smallest absolute Gasteiger partial charge is 0.349 e. The highest BCUT2D eigenvalue weighted by molar-refractivity contribution is 6.00. The van der Waals surface area contributed by atoms with Gasteiger partial charge in [0.15, 0.2) is 0 Å². The van der Waals surface area contributed by atoms with Crippen molar-refractivity contribution >= 4 is 29.7 Å². The zero-order chi connectivity index (χ0) is 29.2. The van der Waals surface area contributed by atoms with Crippen molar-refractivity contribution in [3.8, 4) is 17.2 Å². The zero-order valence-corrected chi connectivity index (χ0v) is 21.2. The Morgan fingerprint density at radius 3 is 1.73 bits per heavy atom. The van der Waals surface area contributed by atoms with Gasteiger partial charge in [0.05, 0.1) is 30.9 Å². The van der Waals surface area contributed by atoms with E-state index in [1.165, 1.54) is 87.0 Å². The van der Waals surface area contributed by atoms with Crippen LogP contribution in [0.3, 0.4) is 0 Å². The number of aliphatic carboxylic acids is 1. The fourth-order valence-corrected chi connectivity index (χ4v) is 3.28. The molecule has 13 nitrogen and oxygen atoms in total. The normalized spacial score (nSPS) is 11.8. The molecule has 0 spiro atoms. The number of hydrogen-bond acceptors (Lipinski definition) is 10. The van der Waals surface area contributed by atoms with Crippen molar-refractivity contribution in [3.63, 3.8) is 0 Å². The first-order valence-corrected chi connectivity index (χ1v) is 11.5. The lowest BCUT2D eigenvalue weighted by molar-refractivity contribution is -0.159. The molecule has 0 saturated carbocycles. The molecule has 3 rings (SSSR count). The van der Waals surface area contributed by atoms with E-state index in [9.17, 15) is 34.2 Å². The number of phenols is 1. The highest BCUT2D eigenvalue weighted by Gasteiger charge is 2.41. The first-order chi connectivity index (χ1) is 19.1. The minimum Gasteiger partial charge on any atom is -0.507 e. The maximum absolute atomic E-state index is 13.1. The molecule has 0 unspecified atom stereocenters. The van der Waals surface area contributed by atoms with Gasteiger partial charge in [-0.1, -0.05) is 24.3 Å². The van der Waals surface area contributed by atoms with Gasteiger partial charge in [0.2, 0.25) is 12.2 Å². The van der Waals surface area contributed by atoms with E-state index in [4.69, 9.17) is 18.9 Å². The third kappa shape index (κ3) is 7.25. The average Bonchev–Trinajstić information content (AvgIpc) is 2.97. The number of nitrogens with one attached hydrogen (secondary N) is 2. The first-order valence-electron chi connectivity index (χ1n) is 11.5. The lowest BCUT2D eigenvalue weighted by atomic mass is 10.1. The number of carbonyl (C=O) groups is 5. The van der Waals surface area contributed by atoms with E-state index in [0.717, 1.165) is 0 Å². The van der Waals surface area contributed by atoms with Gasteiger partial charge in [-0.2, -0.15) is 0 Å². The number of phenolic OH excluding ortho intramolecular Hbond substituents is 1. The second-order valence-electron chi connectivity index (χ2n) is 7.91. The number of ether oxygens (including phenoxy) is 4. The Morgan fingerprint density at radius 2 is 1.23 bits per heavy atom. The van der Waals surface area contributed by atoms with Crippen LogP contribution in [0, 0.1) is 0 Å². The number of amides is 2. The summed E-state index contributed by atoms with van der Waals surface area (Å²) in [6.45, 7) is 0. The van der Waals surface area contributed by atoms with E-state index >= 15 is 0 Å². The van der Waals surface area contributed by atoms with E-state index in [1.54, 1.807) is 0 Å². The molecule has 3 aromatic carbocycles. The Kier molecular flexibility index (Phi) is 9.62. The molecule has 0 fully saturated rings. The van der Waals surface area contributed by atoms with Crippen LogP contribution in [0.2, 0.25) is 0 Å². The molecule has 0 aliphatic heterocycles. The average molecular weight is 552 g/mol. The van der Waals surface area contributed by atoms with Crippen LogP contribution in [0.5, 0.6) is 17.2 Å². The van der Waals surface area contributed by atoms with Crippen molar-refractivity contribution in [2.45, 2.75) is 12.2 Å². The highest BCUT2D eigenvalue weighted by Crippen LogP contribution is 2.19. The number of esters is 2. The molecule has 0 bridgehead atoms. The number of para-hydroxylation sites is 1. The predicted octanol–water partition coefficient (Wildman–Crippen LogP) is 1.71. The van der Waals surface area contributed by atoms with Crippen molar-refractivity contribution in [2.75, 3.05) is 14.2 Å². The largest absolute Gasteiger partial charge is 0.507 e. The van der Waals surface area contributed by atoms with E-state index in [-0.39, 0.29) is 28.2 Å². The van der Waals surface area contributed by atoms with Crippen LogP contribution in [0.4, 0.5) is 0 Å². The van der Waals surface area contributed by atoms with Crippen molar-refractivity contribution in [1.29, 1.82) is 0 Å². The zero-order valence-electron chi connectivity index (χ0n) is 21.2. The second-order valence-corrected chi connectivity index (χ2v) is 7.91. The summed E-state index contributed by atoms with van der Waals surface area (Å²) in [4.78, 5) is 63.2. The molecular weight excluding hydrogens is 528 g/mol. The van der Waals surface area contributed by atoms with Crippen LogP contribution >= 0.6 is 0 Å². The lowest BCUT2D eigenvalue weighted by Gasteiger charge is -2.23. The SMILES string of the molecule is COc1cccc(C(=O)O[C@H](C(=O)O)[C@@H](OC(=O)c2cccc(OC)c2)C(=O)NNC(=O)c2ccccc2O)c1. The van der Waals surface area contributed by atoms with Gasteiger partial charge in [0.25, 0.3) is 11.8 Å². The van der Waals surface area contributed by atoms with Crippen LogP contribution in [-0.2, 0) is 19.1 Å². The van der Waals surface area contributed by atoms with Gasteiger partial charge in [0, 0.05) is 0 Å². The van der Waals surface area contributed by atoms with Crippen LogP contribution in [0.1, 0.15) is 31.1 Å². The first kappa shape index (κ1) is 29.0. The van der Waals surface area contributed by atoms with Crippen LogP contribution in [0.15, 0.2) is 72.8 Å². The molecule has 4 N–H and O–H groups in total. The van der Waals surface area contributed by atoms with Gasteiger partial charge < -0.3 is 29.2 Å². The van der Waals surface area contributed by atoms with E-state index in [0.29, 0.717) is 0 Å². The van der Waals surface area contributed by atoms with E-state index in [1.807, 2.05) is 10.9 Å². The molecule has 208 valence electrons. The minimum atomic E-state index is -2.35. The minimum absolute atomic E-state index is 0.112. The quantitative estimate of drug-likeness (QED) is 0.212. The Balaban J connectivity index is 1.88. The molecule has 0 radical (unpaired) electrons. The molecule has 3 aromatic rings. The van der Waals surface area contributed by atoms with Crippen LogP contribution < -0.4 is 20.3 Å². The Morgan fingerprint density at radius 1 is 0.700 bits per heavy atom. The predicted molar refractivity (Wildman–Crippen MR) is 136 cm³/mol. The van der Waals surface area contributed by atoms with Crippen molar-refractivity contribution < 1.29 is 53.1 Å². The summed E-state index contributed by atoms with van der Waals surface area (Å²) in [6.07, 6.45) is -4.63. The summed E-state index contributed by atoms with van der Waals surface area (Å²) in [5.41, 5.74) is 3.47. The van der Waals surface area contributed by atoms with Gasteiger partial charge in [-0.05, 0) is 48.5 Å². The molecule has 0 aliphatic rings. The molecule has 0 aromatic heterocycles. The number of hydrogen-bond donors (Lipinski definition) is 4. The second kappa shape index (κ2) is 13.3. The topological polar surface area (TPSA) is 187 Å². The highest BCUT2D eigenvalue weighted by atomic mass is 16.6. The number of benzene rings is 3. The van der Waals surface area contributed by atoms with Gasteiger partial charge >= 0.3 is 17.9 Å². The van der Waals surface area contributed by atoms with Crippen molar-refractivity contribution in [1.82, 2.24) is 10.9 Å². The summed E-state index contributed by atoms with van der Waals surface area (Å²) in [5.74, 6) is -6.34. The van der Waals surface area contributed by atoms with Crippen molar-refractivity contribution in [3.05, 3.63) is 89.5 Å². The van der Waals surface area contributed by atoms with Crippen LogP contribution in [-0.4, -0.2) is 66.4 Å². The summed E-state index contributed by atoms with van der Waals surface area (Å²) >= 11 is 0. The summed E-state index contributed by atoms with van der Waals surface area (Å²) < 4.78 is 20.3. The van der Waals surface area contributed by atoms with Gasteiger partial charge in [-0.3, -0.25) is 20.4 Å². The summed E-state index contributed by atoms with van der Waals surface area (Å²) in [6, 6.07) is 16.5. The third-order valence-electron chi connectivity index (χ3n) is 5.30. The molecule has 0 aliphatic carbocycles. The maximum Gasteiger partial charge on any atom is 0.349 e. The summed E-state index contributed by atoms with van der Waals surface area (Å²) in [5, 5.41) is 19.7. The maximum atomic E-state index is 13.1. The molecule has 2 atom stereocenters. The fourth-order valence-electron chi connectivity index (χ4n) is 3.28. The third-order valence-corrected chi connectivity index (χ3v) is 5.30. The molecule has 40 heavy (non-hydrogen) atoms. The number of carboxylic acid groups (broad SMARTS) is 1. The molecular formula is C27H24N2O11. The molecule has 2 amide bonds. The number of aromatic hydroxyl groups is 1. The number of carbonyl (C=O) groups excluding carboxylic acids is 4. The molecule has 0 heterocycles. The standard InChI is InChI=1S/C27H24N2O11/c1-37-17-9-5-7-15(13-17)26(35)39-21(24(32)29-28-23(31)19-11-3-4-12-20(19)30)22(25(33)34)40-27(36)16-8-6-10-18(14-16)38-2/h3-14,21-22,30H,1-2H3,(H,28,31)(H,29,32)(H,33,34)/t21-,22+/m1/s1. The monoisotopic (exact) mass is 552 g/mol. The Bertz CT molecular complexity index is 1420. The lowest BCUT2D eigenvalue weighted by Crippen LogP contribution is -2.54. The van der Waals surface area contributed by atoms with Crippen molar-refractivity contribution in [2.24, 2.45) is 0 Å². The molecule has 0 saturated heterocycles. The van der Waals surface area contributed by atoms with Gasteiger partial charge in [0.1, 0.15) is 17.2 Å². The Labute approximate surface area is 227 Å². The van der Waals surface area contributed by atoms with E-state index in [2.05, 4.69) is 0 Å². The Hall–Kier alpha value is -5.59. The molecule has 13 heteroatoms. The van der Waals surface area contributed by atoms with E-state index < -0.39 is 47.7 Å². The number of methoxy groups -OCH3 is 2. The van der Waals surface area contributed by atoms with Crippen LogP contribution in [0.25, 0.3) is 0 Å². The number of carboxylic acids is 1. The van der Waals surface area contributed by atoms with Gasteiger partial charge in [-0.25, -0.2) is 14.4 Å².